The summed E-state index contributed by atoms with van der Waals surface area (Å²) in [6, 6.07) is 5.69. The van der Waals surface area contributed by atoms with Gasteiger partial charge in [0.25, 0.3) is 0 Å². The van der Waals surface area contributed by atoms with E-state index < -0.39 is 6.10 Å². The first-order valence-corrected chi connectivity index (χ1v) is 6.72. The van der Waals surface area contributed by atoms with E-state index in [1.54, 1.807) is 7.11 Å². The largest absolute Gasteiger partial charge is 0.497 e. The second kappa shape index (κ2) is 5.69. The molecule has 0 saturated carbocycles. The van der Waals surface area contributed by atoms with Gasteiger partial charge in [-0.3, -0.25) is 0 Å². The lowest BCUT2D eigenvalue weighted by Crippen LogP contribution is -2.05. The molecule has 0 radical (unpaired) electrons. The van der Waals surface area contributed by atoms with E-state index in [2.05, 4.69) is 22.0 Å². The van der Waals surface area contributed by atoms with Gasteiger partial charge < -0.3 is 9.84 Å². The topological polar surface area (TPSA) is 29.5 Å². The summed E-state index contributed by atoms with van der Waals surface area (Å²) in [5.74, 6) is 0.777. The van der Waals surface area contributed by atoms with Crippen molar-refractivity contribution in [2.45, 2.75) is 31.8 Å². The van der Waals surface area contributed by atoms with Crippen molar-refractivity contribution < 1.29 is 9.84 Å². The minimum Gasteiger partial charge on any atom is -0.497 e. The zero-order valence-corrected chi connectivity index (χ0v) is 11.5. The average molecular weight is 297 g/mol. The van der Waals surface area contributed by atoms with E-state index in [-0.39, 0.29) is 0 Å². The van der Waals surface area contributed by atoms with Crippen LogP contribution in [0.4, 0.5) is 0 Å². The fourth-order valence-electron chi connectivity index (χ4n) is 2.17. The molecule has 1 atom stereocenters. The maximum Gasteiger partial charge on any atom is 0.119 e. The van der Waals surface area contributed by atoms with E-state index in [0.29, 0.717) is 0 Å². The number of aliphatic hydroxyl groups is 1. The number of methoxy groups -OCH3 is 1. The highest BCUT2D eigenvalue weighted by atomic mass is 79.9. The van der Waals surface area contributed by atoms with Crippen LogP contribution in [-0.4, -0.2) is 12.2 Å². The first-order valence-electron chi connectivity index (χ1n) is 5.93. The minimum absolute atomic E-state index is 0.514. The molecule has 92 valence electrons. The molecule has 1 aliphatic carbocycles. The molecule has 0 spiro atoms. The summed E-state index contributed by atoms with van der Waals surface area (Å²) in [5.41, 5.74) is 2.02. The third-order valence-electron chi connectivity index (χ3n) is 3.18. The van der Waals surface area contributed by atoms with Crippen LogP contribution in [0, 0.1) is 0 Å². The third-order valence-corrected chi connectivity index (χ3v) is 3.90. The van der Waals surface area contributed by atoms with Gasteiger partial charge in [-0.25, -0.2) is 0 Å². The lowest BCUT2D eigenvalue weighted by atomic mass is 9.92. The SMILES string of the molecule is COc1ccc(Br)c(C(O)C2=CCCCC2)c1. The van der Waals surface area contributed by atoms with Crippen molar-refractivity contribution in [3.63, 3.8) is 0 Å². The number of allylic oxidation sites excluding steroid dienone is 1. The third kappa shape index (κ3) is 2.90. The van der Waals surface area contributed by atoms with Gasteiger partial charge in [0, 0.05) is 10.0 Å². The fourth-order valence-corrected chi connectivity index (χ4v) is 2.63. The summed E-state index contributed by atoms with van der Waals surface area (Å²) >= 11 is 3.48. The summed E-state index contributed by atoms with van der Waals surface area (Å²) in [7, 11) is 1.64. The zero-order chi connectivity index (χ0) is 12.3. The van der Waals surface area contributed by atoms with E-state index in [1.165, 1.54) is 12.8 Å². The highest BCUT2D eigenvalue weighted by Gasteiger charge is 2.18. The van der Waals surface area contributed by atoms with Gasteiger partial charge in [0.15, 0.2) is 0 Å². The van der Waals surface area contributed by atoms with Gasteiger partial charge in [-0.1, -0.05) is 22.0 Å². The summed E-state index contributed by atoms with van der Waals surface area (Å²) in [5, 5.41) is 10.4. The summed E-state index contributed by atoms with van der Waals surface area (Å²) in [6.07, 6.45) is 6.12. The smallest absolute Gasteiger partial charge is 0.119 e. The zero-order valence-electron chi connectivity index (χ0n) is 9.95. The van der Waals surface area contributed by atoms with Gasteiger partial charge >= 0.3 is 0 Å². The molecule has 0 aliphatic heterocycles. The fraction of sp³-hybridized carbons (Fsp3) is 0.429. The molecule has 0 bridgehead atoms. The Labute approximate surface area is 110 Å². The Morgan fingerprint density at radius 2 is 2.18 bits per heavy atom. The molecule has 0 saturated heterocycles. The van der Waals surface area contributed by atoms with Crippen molar-refractivity contribution in [1.29, 1.82) is 0 Å². The first kappa shape index (κ1) is 12.7. The van der Waals surface area contributed by atoms with Gasteiger partial charge in [-0.15, -0.1) is 0 Å². The van der Waals surface area contributed by atoms with Gasteiger partial charge in [0.2, 0.25) is 0 Å². The van der Waals surface area contributed by atoms with Gasteiger partial charge in [0.1, 0.15) is 11.9 Å². The molecule has 0 aromatic heterocycles. The van der Waals surface area contributed by atoms with Crippen molar-refractivity contribution in [3.8, 4) is 5.75 Å². The number of aliphatic hydroxyl groups excluding tert-OH is 1. The minimum atomic E-state index is -0.514. The van der Waals surface area contributed by atoms with E-state index in [9.17, 15) is 5.11 Å². The van der Waals surface area contributed by atoms with E-state index in [0.717, 1.165) is 34.2 Å². The van der Waals surface area contributed by atoms with Crippen LogP contribution in [0.2, 0.25) is 0 Å². The standard InChI is InChI=1S/C14H17BrO2/c1-17-11-7-8-13(15)12(9-11)14(16)10-5-3-2-4-6-10/h5,7-9,14,16H,2-4,6H2,1H3. The van der Waals surface area contributed by atoms with Crippen LogP contribution < -0.4 is 4.74 Å². The number of ether oxygens (including phenoxy) is 1. The normalized spacial score (nSPS) is 17.5. The van der Waals surface area contributed by atoms with Crippen molar-refractivity contribution in [2.75, 3.05) is 7.11 Å². The molecule has 1 aromatic rings. The Bertz CT molecular complexity index is 426. The molecular formula is C14H17BrO2. The maximum absolute atomic E-state index is 10.4. The Morgan fingerprint density at radius 1 is 1.35 bits per heavy atom. The van der Waals surface area contributed by atoms with E-state index >= 15 is 0 Å². The molecule has 1 aliphatic rings. The average Bonchev–Trinajstić information content (AvgIpc) is 2.39. The van der Waals surface area contributed by atoms with Crippen LogP contribution in [-0.2, 0) is 0 Å². The van der Waals surface area contributed by atoms with E-state index in [1.807, 2.05) is 18.2 Å². The highest BCUT2D eigenvalue weighted by Crippen LogP contribution is 2.35. The monoisotopic (exact) mass is 296 g/mol. The molecule has 3 heteroatoms. The Morgan fingerprint density at radius 3 is 2.82 bits per heavy atom. The molecule has 2 rings (SSSR count). The van der Waals surface area contributed by atoms with E-state index in [4.69, 9.17) is 4.74 Å². The predicted octanol–water partition coefficient (Wildman–Crippen LogP) is 3.99. The summed E-state index contributed by atoms with van der Waals surface area (Å²) < 4.78 is 6.12. The predicted molar refractivity (Wildman–Crippen MR) is 72.2 cm³/mol. The number of halogens is 1. The lowest BCUT2D eigenvalue weighted by molar-refractivity contribution is 0.207. The number of hydrogen-bond acceptors (Lipinski definition) is 2. The number of rotatable bonds is 3. The summed E-state index contributed by atoms with van der Waals surface area (Å²) in [4.78, 5) is 0. The molecular weight excluding hydrogens is 280 g/mol. The summed E-state index contributed by atoms with van der Waals surface area (Å²) in [6.45, 7) is 0. The van der Waals surface area contributed by atoms with Crippen LogP contribution in [0.15, 0.2) is 34.3 Å². The second-order valence-corrected chi connectivity index (χ2v) is 5.17. The van der Waals surface area contributed by atoms with Gasteiger partial charge in [0.05, 0.1) is 7.11 Å². The first-order chi connectivity index (χ1) is 8.22. The highest BCUT2D eigenvalue weighted by molar-refractivity contribution is 9.10. The number of benzene rings is 1. The van der Waals surface area contributed by atoms with Crippen molar-refractivity contribution in [3.05, 3.63) is 39.9 Å². The second-order valence-electron chi connectivity index (χ2n) is 4.31. The van der Waals surface area contributed by atoms with Crippen LogP contribution in [0.1, 0.15) is 37.4 Å². The van der Waals surface area contributed by atoms with Crippen molar-refractivity contribution in [2.24, 2.45) is 0 Å². The van der Waals surface area contributed by atoms with Crippen LogP contribution in [0.3, 0.4) is 0 Å². The Balaban J connectivity index is 2.28. The maximum atomic E-state index is 10.4. The molecule has 2 nitrogen and oxygen atoms in total. The molecule has 1 aromatic carbocycles. The molecule has 0 heterocycles. The molecule has 0 fully saturated rings. The quantitative estimate of drug-likeness (QED) is 0.855. The van der Waals surface area contributed by atoms with Crippen LogP contribution in [0.25, 0.3) is 0 Å². The van der Waals surface area contributed by atoms with Crippen molar-refractivity contribution in [1.82, 2.24) is 0 Å². The molecule has 17 heavy (non-hydrogen) atoms. The van der Waals surface area contributed by atoms with Gasteiger partial charge in [-0.2, -0.15) is 0 Å². The number of hydrogen-bond donors (Lipinski definition) is 1. The van der Waals surface area contributed by atoms with Crippen LogP contribution >= 0.6 is 15.9 Å². The van der Waals surface area contributed by atoms with Gasteiger partial charge in [-0.05, 0) is 49.5 Å². The Hall–Kier alpha value is -0.800. The molecule has 1 N–H and O–H groups in total. The lowest BCUT2D eigenvalue weighted by Gasteiger charge is -2.20. The Kier molecular flexibility index (Phi) is 4.24. The van der Waals surface area contributed by atoms with Crippen molar-refractivity contribution >= 4 is 15.9 Å². The van der Waals surface area contributed by atoms with Crippen LogP contribution in [0.5, 0.6) is 5.75 Å². The molecule has 1 unspecified atom stereocenters. The molecule has 0 amide bonds.